The SMILES string of the molecule is O=C(O)c1cc(N2CC3CCC2C3)c([N+](=O)[O-])cc1F. The number of piperidine rings is 1. The molecule has 7 heteroatoms. The third kappa shape index (κ3) is 1.90. The molecule has 0 aromatic heterocycles. The summed E-state index contributed by atoms with van der Waals surface area (Å²) in [6.07, 6.45) is 3.01. The lowest BCUT2D eigenvalue weighted by Crippen LogP contribution is -2.32. The fourth-order valence-corrected chi connectivity index (χ4v) is 3.31. The number of fused-ring (bicyclic) bond motifs is 2. The number of benzene rings is 1. The number of hydrogen-bond acceptors (Lipinski definition) is 4. The Kier molecular flexibility index (Phi) is 2.84. The number of nitrogens with zero attached hydrogens (tertiary/aromatic N) is 2. The maximum absolute atomic E-state index is 13.6. The van der Waals surface area contributed by atoms with E-state index in [4.69, 9.17) is 5.11 Å². The Balaban J connectivity index is 2.10. The third-order valence-electron chi connectivity index (χ3n) is 4.21. The number of nitro groups is 1. The van der Waals surface area contributed by atoms with Gasteiger partial charge in [0.25, 0.3) is 5.69 Å². The van der Waals surface area contributed by atoms with Crippen molar-refractivity contribution in [3.05, 3.63) is 33.6 Å². The second-order valence-corrected chi connectivity index (χ2v) is 5.37. The maximum atomic E-state index is 13.6. The highest BCUT2D eigenvalue weighted by Gasteiger charge is 2.40. The van der Waals surface area contributed by atoms with Crippen LogP contribution < -0.4 is 4.90 Å². The molecule has 0 spiro atoms. The fourth-order valence-electron chi connectivity index (χ4n) is 3.31. The number of anilines is 1. The second-order valence-electron chi connectivity index (χ2n) is 5.37. The Bertz CT molecular complexity index is 604. The van der Waals surface area contributed by atoms with Crippen LogP contribution >= 0.6 is 0 Å². The minimum absolute atomic E-state index is 0.200. The molecule has 1 saturated carbocycles. The zero-order valence-electron chi connectivity index (χ0n) is 10.6. The van der Waals surface area contributed by atoms with Crippen LogP contribution in [0.4, 0.5) is 15.8 Å². The molecule has 20 heavy (non-hydrogen) atoms. The number of aromatic carboxylic acids is 1. The van der Waals surface area contributed by atoms with Crippen LogP contribution in [0.2, 0.25) is 0 Å². The van der Waals surface area contributed by atoms with Crippen molar-refractivity contribution in [2.24, 2.45) is 5.92 Å². The second kappa shape index (κ2) is 4.43. The van der Waals surface area contributed by atoms with Crippen LogP contribution in [0, 0.1) is 21.8 Å². The number of carboxylic acids is 1. The molecular formula is C13H13FN2O4. The molecule has 1 aromatic rings. The molecule has 2 bridgehead atoms. The Hall–Kier alpha value is -2.18. The van der Waals surface area contributed by atoms with Gasteiger partial charge in [0.15, 0.2) is 0 Å². The molecule has 1 aliphatic heterocycles. The molecule has 0 amide bonds. The average molecular weight is 280 g/mol. The first-order valence-electron chi connectivity index (χ1n) is 6.45. The van der Waals surface area contributed by atoms with Crippen LogP contribution in [0.3, 0.4) is 0 Å². The molecule has 0 radical (unpaired) electrons. The Labute approximate surface area is 114 Å². The van der Waals surface area contributed by atoms with E-state index in [2.05, 4.69) is 0 Å². The predicted molar refractivity (Wildman–Crippen MR) is 68.5 cm³/mol. The van der Waals surface area contributed by atoms with E-state index in [0.29, 0.717) is 18.5 Å². The van der Waals surface area contributed by atoms with Gasteiger partial charge in [0.05, 0.1) is 16.6 Å². The van der Waals surface area contributed by atoms with E-state index in [0.717, 1.165) is 25.3 Å². The van der Waals surface area contributed by atoms with Crippen LogP contribution in [-0.2, 0) is 0 Å². The molecule has 106 valence electrons. The number of halogens is 1. The van der Waals surface area contributed by atoms with Gasteiger partial charge >= 0.3 is 5.97 Å². The van der Waals surface area contributed by atoms with Gasteiger partial charge in [0.2, 0.25) is 0 Å². The van der Waals surface area contributed by atoms with Gasteiger partial charge in [-0.25, -0.2) is 9.18 Å². The third-order valence-corrected chi connectivity index (χ3v) is 4.21. The molecule has 1 N–H and O–H groups in total. The molecule has 1 saturated heterocycles. The molecule has 3 rings (SSSR count). The Morgan fingerprint density at radius 3 is 2.70 bits per heavy atom. The van der Waals surface area contributed by atoms with Gasteiger partial charge in [-0.05, 0) is 31.2 Å². The van der Waals surface area contributed by atoms with Gasteiger partial charge in [-0.3, -0.25) is 10.1 Å². The topological polar surface area (TPSA) is 83.7 Å². The predicted octanol–water partition coefficient (Wildman–Crippen LogP) is 2.42. The highest BCUT2D eigenvalue weighted by Crippen LogP contribution is 2.43. The van der Waals surface area contributed by atoms with Crippen molar-refractivity contribution in [3.8, 4) is 0 Å². The summed E-state index contributed by atoms with van der Waals surface area (Å²) in [6, 6.07) is 2.01. The van der Waals surface area contributed by atoms with Gasteiger partial charge in [-0.1, -0.05) is 0 Å². The lowest BCUT2D eigenvalue weighted by molar-refractivity contribution is -0.384. The first kappa shape index (κ1) is 12.8. The first-order valence-corrected chi connectivity index (χ1v) is 6.45. The lowest BCUT2D eigenvalue weighted by Gasteiger charge is -2.29. The van der Waals surface area contributed by atoms with Gasteiger partial charge < -0.3 is 10.0 Å². The van der Waals surface area contributed by atoms with Crippen molar-refractivity contribution in [3.63, 3.8) is 0 Å². The van der Waals surface area contributed by atoms with Crippen molar-refractivity contribution >= 4 is 17.3 Å². The van der Waals surface area contributed by atoms with Crippen LogP contribution in [0.15, 0.2) is 12.1 Å². The van der Waals surface area contributed by atoms with E-state index in [1.807, 2.05) is 4.90 Å². The number of rotatable bonds is 3. The quantitative estimate of drug-likeness (QED) is 0.679. The first-order chi connectivity index (χ1) is 9.47. The van der Waals surface area contributed by atoms with Crippen molar-refractivity contribution in [2.75, 3.05) is 11.4 Å². The van der Waals surface area contributed by atoms with E-state index in [1.54, 1.807) is 0 Å². The molecule has 2 unspecified atom stereocenters. The molecule has 2 aliphatic rings. The summed E-state index contributed by atoms with van der Waals surface area (Å²) in [6.45, 7) is 0.677. The highest BCUT2D eigenvalue weighted by molar-refractivity contribution is 5.90. The van der Waals surface area contributed by atoms with E-state index in [9.17, 15) is 19.3 Å². The Morgan fingerprint density at radius 1 is 1.45 bits per heavy atom. The molecule has 2 atom stereocenters. The summed E-state index contributed by atoms with van der Waals surface area (Å²) in [5, 5.41) is 20.0. The van der Waals surface area contributed by atoms with Crippen molar-refractivity contribution in [2.45, 2.75) is 25.3 Å². The normalized spacial score (nSPS) is 24.1. The van der Waals surface area contributed by atoms with Crippen LogP contribution in [0.25, 0.3) is 0 Å². The smallest absolute Gasteiger partial charge is 0.338 e. The molecule has 1 aromatic carbocycles. The summed E-state index contributed by atoms with van der Waals surface area (Å²) < 4.78 is 13.6. The van der Waals surface area contributed by atoms with Gasteiger partial charge in [-0.2, -0.15) is 0 Å². The number of carboxylic acid groups (broad SMARTS) is 1. The molecule has 2 fully saturated rings. The largest absolute Gasteiger partial charge is 0.478 e. The fraction of sp³-hybridized carbons (Fsp3) is 0.462. The van der Waals surface area contributed by atoms with Gasteiger partial charge in [0, 0.05) is 12.6 Å². The highest BCUT2D eigenvalue weighted by atomic mass is 19.1. The van der Waals surface area contributed by atoms with E-state index in [-0.39, 0.29) is 17.4 Å². The summed E-state index contributed by atoms with van der Waals surface area (Å²) in [4.78, 5) is 23.3. The van der Waals surface area contributed by atoms with Crippen molar-refractivity contribution in [1.29, 1.82) is 0 Å². The number of nitro benzene ring substituents is 1. The van der Waals surface area contributed by atoms with Gasteiger partial charge in [-0.15, -0.1) is 0 Å². The summed E-state index contributed by atoms with van der Waals surface area (Å²) >= 11 is 0. The standard InChI is InChI=1S/C13H13FN2O4/c14-10-5-12(16(19)20)11(4-9(10)13(17)18)15-6-7-1-2-8(15)3-7/h4-5,7-8H,1-3,6H2,(H,17,18). The van der Waals surface area contributed by atoms with E-state index in [1.165, 1.54) is 0 Å². The van der Waals surface area contributed by atoms with Crippen LogP contribution in [-0.4, -0.2) is 28.6 Å². The van der Waals surface area contributed by atoms with Crippen LogP contribution in [0.1, 0.15) is 29.6 Å². The summed E-state index contributed by atoms with van der Waals surface area (Å²) in [7, 11) is 0. The molecular weight excluding hydrogens is 267 g/mol. The zero-order chi connectivity index (χ0) is 14.4. The maximum Gasteiger partial charge on any atom is 0.338 e. The Morgan fingerprint density at radius 2 is 2.20 bits per heavy atom. The summed E-state index contributed by atoms with van der Waals surface area (Å²) in [5.74, 6) is -1.99. The lowest BCUT2D eigenvalue weighted by atomic mass is 10.1. The minimum atomic E-state index is -1.41. The average Bonchev–Trinajstić information content (AvgIpc) is 3.00. The summed E-state index contributed by atoms with van der Waals surface area (Å²) in [5.41, 5.74) is -0.658. The van der Waals surface area contributed by atoms with Crippen LogP contribution in [0.5, 0.6) is 0 Å². The van der Waals surface area contributed by atoms with Gasteiger partial charge in [0.1, 0.15) is 11.5 Å². The van der Waals surface area contributed by atoms with E-state index < -0.39 is 22.3 Å². The number of carbonyl (C=O) groups is 1. The molecule has 6 nitrogen and oxygen atoms in total. The minimum Gasteiger partial charge on any atom is -0.478 e. The molecule has 1 aliphatic carbocycles. The molecule has 1 heterocycles. The van der Waals surface area contributed by atoms with E-state index >= 15 is 0 Å². The zero-order valence-corrected chi connectivity index (χ0v) is 10.6. The van der Waals surface area contributed by atoms with Crippen molar-refractivity contribution < 1.29 is 19.2 Å². The monoisotopic (exact) mass is 280 g/mol. The van der Waals surface area contributed by atoms with Crippen molar-refractivity contribution in [1.82, 2.24) is 0 Å². The number of hydrogen-bond donors (Lipinski definition) is 1.